The fraction of sp³-hybridized carbons (Fsp3) is 0.588. The molecule has 0 spiro atoms. The van der Waals surface area contributed by atoms with Gasteiger partial charge in [-0.25, -0.2) is 0 Å². The van der Waals surface area contributed by atoms with Gasteiger partial charge < -0.3 is 5.32 Å². The molecule has 2 heteroatoms. The SMILES string of the molecule is CC(C)NC(=O)CCCCCCCc1ccccc1. The van der Waals surface area contributed by atoms with Gasteiger partial charge in [-0.05, 0) is 38.7 Å². The minimum absolute atomic E-state index is 0.194. The number of aryl methyl sites for hydroxylation is 1. The smallest absolute Gasteiger partial charge is 0.220 e. The first-order chi connectivity index (χ1) is 9.18. The van der Waals surface area contributed by atoms with Crippen LogP contribution in [0.2, 0.25) is 0 Å². The normalized spacial score (nSPS) is 10.7. The quantitative estimate of drug-likeness (QED) is 0.666. The molecular weight excluding hydrogens is 234 g/mol. The monoisotopic (exact) mass is 261 g/mol. The molecule has 0 unspecified atom stereocenters. The van der Waals surface area contributed by atoms with Gasteiger partial charge in [0.05, 0.1) is 0 Å². The summed E-state index contributed by atoms with van der Waals surface area (Å²) in [5, 5.41) is 2.93. The van der Waals surface area contributed by atoms with E-state index in [0.717, 1.165) is 6.42 Å². The molecule has 0 radical (unpaired) electrons. The van der Waals surface area contributed by atoms with Crippen molar-refractivity contribution in [2.75, 3.05) is 0 Å². The van der Waals surface area contributed by atoms with E-state index < -0.39 is 0 Å². The first-order valence-corrected chi connectivity index (χ1v) is 7.52. The summed E-state index contributed by atoms with van der Waals surface area (Å²) < 4.78 is 0. The van der Waals surface area contributed by atoms with Crippen LogP contribution in [-0.2, 0) is 11.2 Å². The zero-order chi connectivity index (χ0) is 13.9. The third-order valence-electron chi connectivity index (χ3n) is 3.16. The Morgan fingerprint density at radius 1 is 1.00 bits per heavy atom. The summed E-state index contributed by atoms with van der Waals surface area (Å²) in [5.74, 6) is 0.194. The van der Waals surface area contributed by atoms with Crippen molar-refractivity contribution in [2.45, 2.75) is 64.8 Å². The van der Waals surface area contributed by atoms with Gasteiger partial charge in [-0.3, -0.25) is 4.79 Å². The van der Waals surface area contributed by atoms with Crippen LogP contribution in [0.25, 0.3) is 0 Å². The van der Waals surface area contributed by atoms with E-state index in [4.69, 9.17) is 0 Å². The fourth-order valence-electron chi connectivity index (χ4n) is 2.18. The van der Waals surface area contributed by atoms with Crippen LogP contribution in [0.15, 0.2) is 30.3 Å². The third kappa shape index (κ3) is 8.41. The van der Waals surface area contributed by atoms with Gasteiger partial charge >= 0.3 is 0 Å². The van der Waals surface area contributed by atoms with Gasteiger partial charge in [0.2, 0.25) is 5.91 Å². The van der Waals surface area contributed by atoms with Crippen LogP contribution in [0.5, 0.6) is 0 Å². The van der Waals surface area contributed by atoms with Crippen LogP contribution < -0.4 is 5.32 Å². The van der Waals surface area contributed by atoms with E-state index >= 15 is 0 Å². The molecule has 0 heterocycles. The Morgan fingerprint density at radius 2 is 1.63 bits per heavy atom. The maximum atomic E-state index is 11.4. The molecule has 0 fully saturated rings. The Balaban J connectivity index is 1.93. The van der Waals surface area contributed by atoms with Crippen LogP contribution in [0.3, 0.4) is 0 Å². The lowest BCUT2D eigenvalue weighted by Crippen LogP contribution is -2.29. The second-order valence-electron chi connectivity index (χ2n) is 5.48. The van der Waals surface area contributed by atoms with Gasteiger partial charge in [0.1, 0.15) is 0 Å². The van der Waals surface area contributed by atoms with Crippen molar-refractivity contribution in [2.24, 2.45) is 0 Å². The standard InChI is InChI=1S/C17H27NO/c1-15(2)18-17(19)14-10-5-3-4-7-11-16-12-8-6-9-13-16/h6,8-9,12-13,15H,3-5,7,10-11,14H2,1-2H3,(H,18,19). The van der Waals surface area contributed by atoms with Gasteiger partial charge in [-0.1, -0.05) is 49.6 Å². The highest BCUT2D eigenvalue weighted by atomic mass is 16.1. The summed E-state index contributed by atoms with van der Waals surface area (Å²) >= 11 is 0. The van der Waals surface area contributed by atoms with Gasteiger partial charge in [0.25, 0.3) is 0 Å². The number of unbranched alkanes of at least 4 members (excludes halogenated alkanes) is 4. The third-order valence-corrected chi connectivity index (χ3v) is 3.16. The minimum Gasteiger partial charge on any atom is -0.354 e. The predicted octanol–water partition coefficient (Wildman–Crippen LogP) is 4.09. The lowest BCUT2D eigenvalue weighted by molar-refractivity contribution is -0.121. The summed E-state index contributed by atoms with van der Waals surface area (Å²) in [5.41, 5.74) is 1.43. The first kappa shape index (κ1) is 15.7. The summed E-state index contributed by atoms with van der Waals surface area (Å²) in [6.07, 6.45) is 7.79. The predicted molar refractivity (Wildman–Crippen MR) is 81.1 cm³/mol. The van der Waals surface area contributed by atoms with E-state index in [-0.39, 0.29) is 11.9 Å². The van der Waals surface area contributed by atoms with Gasteiger partial charge in [-0.2, -0.15) is 0 Å². The molecule has 19 heavy (non-hydrogen) atoms. The summed E-state index contributed by atoms with van der Waals surface area (Å²) in [4.78, 5) is 11.4. The highest BCUT2D eigenvalue weighted by molar-refractivity contribution is 5.76. The molecule has 0 atom stereocenters. The van der Waals surface area contributed by atoms with Crippen molar-refractivity contribution in [1.29, 1.82) is 0 Å². The van der Waals surface area contributed by atoms with Crippen molar-refractivity contribution in [1.82, 2.24) is 5.32 Å². The Bertz CT molecular complexity index is 346. The molecule has 1 aromatic carbocycles. The number of benzene rings is 1. The van der Waals surface area contributed by atoms with E-state index in [1.807, 2.05) is 13.8 Å². The Hall–Kier alpha value is -1.31. The van der Waals surface area contributed by atoms with E-state index in [9.17, 15) is 4.79 Å². The van der Waals surface area contributed by atoms with Crippen LogP contribution in [0.1, 0.15) is 57.9 Å². The summed E-state index contributed by atoms with van der Waals surface area (Å²) in [6, 6.07) is 10.9. The van der Waals surface area contributed by atoms with Crippen molar-refractivity contribution in [3.8, 4) is 0 Å². The molecule has 1 rings (SSSR count). The maximum Gasteiger partial charge on any atom is 0.220 e. The number of amides is 1. The Morgan fingerprint density at radius 3 is 2.32 bits per heavy atom. The van der Waals surface area contributed by atoms with Gasteiger partial charge in [-0.15, -0.1) is 0 Å². The summed E-state index contributed by atoms with van der Waals surface area (Å²) in [6.45, 7) is 4.00. The molecule has 1 aromatic rings. The van der Waals surface area contributed by atoms with E-state index in [0.29, 0.717) is 6.42 Å². The highest BCUT2D eigenvalue weighted by Crippen LogP contribution is 2.09. The summed E-state index contributed by atoms with van der Waals surface area (Å²) in [7, 11) is 0. The largest absolute Gasteiger partial charge is 0.354 e. The Labute approximate surface area is 117 Å². The zero-order valence-electron chi connectivity index (χ0n) is 12.3. The molecule has 0 aliphatic carbocycles. The first-order valence-electron chi connectivity index (χ1n) is 7.52. The number of carbonyl (C=O) groups is 1. The molecule has 0 bridgehead atoms. The molecule has 106 valence electrons. The average molecular weight is 261 g/mol. The number of rotatable bonds is 9. The molecule has 0 saturated carbocycles. The molecule has 1 amide bonds. The second-order valence-corrected chi connectivity index (χ2v) is 5.48. The van der Waals surface area contributed by atoms with Crippen LogP contribution >= 0.6 is 0 Å². The van der Waals surface area contributed by atoms with Gasteiger partial charge in [0.15, 0.2) is 0 Å². The topological polar surface area (TPSA) is 29.1 Å². The van der Waals surface area contributed by atoms with Crippen molar-refractivity contribution in [3.63, 3.8) is 0 Å². The maximum absolute atomic E-state index is 11.4. The number of hydrogen-bond donors (Lipinski definition) is 1. The molecule has 0 aromatic heterocycles. The van der Waals surface area contributed by atoms with Crippen molar-refractivity contribution >= 4 is 5.91 Å². The molecule has 0 aliphatic rings. The number of nitrogens with one attached hydrogen (secondary N) is 1. The van der Waals surface area contributed by atoms with Crippen LogP contribution in [0, 0.1) is 0 Å². The van der Waals surface area contributed by atoms with Crippen LogP contribution in [-0.4, -0.2) is 11.9 Å². The number of carbonyl (C=O) groups excluding carboxylic acids is 1. The Kier molecular flexibility index (Phi) is 7.95. The molecule has 0 saturated heterocycles. The van der Waals surface area contributed by atoms with Gasteiger partial charge in [0, 0.05) is 12.5 Å². The fourth-order valence-corrected chi connectivity index (χ4v) is 2.18. The minimum atomic E-state index is 0.194. The molecule has 2 nitrogen and oxygen atoms in total. The average Bonchev–Trinajstić information content (AvgIpc) is 2.38. The lowest BCUT2D eigenvalue weighted by atomic mass is 10.0. The molecule has 1 N–H and O–H groups in total. The van der Waals surface area contributed by atoms with Crippen molar-refractivity contribution in [3.05, 3.63) is 35.9 Å². The highest BCUT2D eigenvalue weighted by Gasteiger charge is 2.02. The lowest BCUT2D eigenvalue weighted by Gasteiger charge is -2.07. The van der Waals surface area contributed by atoms with E-state index in [1.54, 1.807) is 0 Å². The van der Waals surface area contributed by atoms with E-state index in [1.165, 1.54) is 37.7 Å². The van der Waals surface area contributed by atoms with E-state index in [2.05, 4.69) is 35.6 Å². The molecule has 0 aliphatic heterocycles. The van der Waals surface area contributed by atoms with Crippen molar-refractivity contribution < 1.29 is 4.79 Å². The number of hydrogen-bond acceptors (Lipinski definition) is 1. The van der Waals surface area contributed by atoms with Crippen LogP contribution in [0.4, 0.5) is 0 Å². The molecular formula is C17H27NO. The second kappa shape index (κ2) is 9.60. The zero-order valence-corrected chi connectivity index (χ0v) is 12.3.